The molecule has 0 aromatic heterocycles. The summed E-state index contributed by atoms with van der Waals surface area (Å²) in [7, 11) is -1.11. The minimum absolute atomic E-state index is 0.131. The Kier molecular flexibility index (Phi) is 8.63. The number of halogens is 1. The molecule has 0 saturated carbocycles. The van der Waals surface area contributed by atoms with Gasteiger partial charge in [-0.1, -0.05) is 89.8 Å². The van der Waals surface area contributed by atoms with Crippen LogP contribution in [0.3, 0.4) is 0 Å². The van der Waals surface area contributed by atoms with Crippen molar-refractivity contribution in [1.29, 1.82) is 0 Å². The van der Waals surface area contributed by atoms with Gasteiger partial charge in [-0.25, -0.2) is 4.21 Å². The second kappa shape index (κ2) is 10.7. The molecule has 0 spiro atoms. The zero-order chi connectivity index (χ0) is 18.1. The first-order valence-corrected chi connectivity index (χ1v) is 11.0. The molecule has 0 heterocycles. The summed E-state index contributed by atoms with van der Waals surface area (Å²) in [6.07, 6.45) is 7.37. The van der Waals surface area contributed by atoms with Crippen molar-refractivity contribution in [2.24, 2.45) is 0 Å². The van der Waals surface area contributed by atoms with Gasteiger partial charge in [0.2, 0.25) is 0 Å². The minimum atomic E-state index is -1.11. The molecule has 2 atom stereocenters. The van der Waals surface area contributed by atoms with E-state index in [-0.39, 0.29) is 4.83 Å². The highest BCUT2D eigenvalue weighted by Crippen LogP contribution is 2.27. The van der Waals surface area contributed by atoms with Crippen molar-refractivity contribution in [2.45, 2.75) is 55.7 Å². The van der Waals surface area contributed by atoms with Crippen LogP contribution in [0.4, 0.5) is 0 Å². The Hall–Kier alpha value is -1.19. The van der Waals surface area contributed by atoms with E-state index in [4.69, 9.17) is 0 Å². The van der Waals surface area contributed by atoms with Crippen LogP contribution in [0.2, 0.25) is 0 Å². The van der Waals surface area contributed by atoms with Crippen molar-refractivity contribution >= 4 is 26.7 Å². The van der Waals surface area contributed by atoms with Crippen LogP contribution in [0.15, 0.2) is 70.5 Å². The Labute approximate surface area is 163 Å². The van der Waals surface area contributed by atoms with Crippen LogP contribution in [0.25, 0.3) is 0 Å². The van der Waals surface area contributed by atoms with Gasteiger partial charge >= 0.3 is 0 Å². The average molecular weight is 419 g/mol. The molecule has 0 aliphatic rings. The molecule has 0 N–H and O–H groups in total. The Bertz CT molecular complexity index is 692. The fraction of sp³-hybridized carbons (Fsp3) is 0.364. The van der Waals surface area contributed by atoms with Gasteiger partial charge in [0.25, 0.3) is 0 Å². The number of benzene rings is 2. The maximum absolute atomic E-state index is 13.1. The number of rotatable bonds is 9. The van der Waals surface area contributed by atoms with Gasteiger partial charge in [0.05, 0.1) is 10.8 Å². The van der Waals surface area contributed by atoms with Gasteiger partial charge in [-0.2, -0.15) is 0 Å². The van der Waals surface area contributed by atoms with Crippen LogP contribution < -0.4 is 0 Å². The molecule has 0 amide bonds. The lowest BCUT2D eigenvalue weighted by atomic mass is 10.1. The summed E-state index contributed by atoms with van der Waals surface area (Å²) in [5.74, 6) is 0. The molecule has 2 aromatic carbocycles. The van der Waals surface area contributed by atoms with Crippen molar-refractivity contribution in [3.05, 3.63) is 76.7 Å². The molecule has 0 saturated heterocycles. The van der Waals surface area contributed by atoms with Crippen LogP contribution >= 0.6 is 15.9 Å². The molecule has 0 fully saturated rings. The van der Waals surface area contributed by atoms with Gasteiger partial charge in [-0.05, 0) is 43.9 Å². The molecule has 0 aliphatic carbocycles. The van der Waals surface area contributed by atoms with Crippen LogP contribution in [0.1, 0.15) is 43.7 Å². The van der Waals surface area contributed by atoms with E-state index in [1.54, 1.807) is 0 Å². The fourth-order valence-corrected chi connectivity index (χ4v) is 4.85. The summed E-state index contributed by atoms with van der Waals surface area (Å²) in [6, 6.07) is 18.5. The van der Waals surface area contributed by atoms with E-state index < -0.39 is 10.8 Å². The zero-order valence-corrected chi connectivity index (χ0v) is 17.5. The highest BCUT2D eigenvalue weighted by Gasteiger charge is 2.18. The quantitative estimate of drug-likeness (QED) is 0.332. The smallest absolute Gasteiger partial charge is 0.0816 e. The molecule has 2 aromatic rings. The maximum atomic E-state index is 13.1. The second-order valence-electron chi connectivity index (χ2n) is 6.32. The topological polar surface area (TPSA) is 17.1 Å². The lowest BCUT2D eigenvalue weighted by Crippen LogP contribution is -2.10. The van der Waals surface area contributed by atoms with Crippen LogP contribution in [-0.4, -0.2) is 9.04 Å². The standard InChI is InChI=1S/C22H27BrOS/c1-3-4-6-11-22(25(24)20-15-12-18(2)13-16-20)21(23)17-14-19-9-7-5-8-10-19/h5,7-13,15-16,21H,3-4,6,14,17H2,1-2H3/b22-11-. The zero-order valence-electron chi connectivity index (χ0n) is 15.1. The van der Waals surface area contributed by atoms with E-state index in [2.05, 4.69) is 60.1 Å². The molecule has 0 radical (unpaired) electrons. The Morgan fingerprint density at radius 1 is 1.12 bits per heavy atom. The third kappa shape index (κ3) is 6.56. The predicted molar refractivity (Wildman–Crippen MR) is 113 cm³/mol. The number of allylic oxidation sites excluding steroid dienone is 2. The highest BCUT2D eigenvalue weighted by atomic mass is 79.9. The van der Waals surface area contributed by atoms with Gasteiger partial charge < -0.3 is 0 Å². The van der Waals surface area contributed by atoms with Gasteiger partial charge in [0, 0.05) is 14.6 Å². The predicted octanol–water partition coefficient (Wildman–Crippen LogP) is 6.57. The molecule has 134 valence electrons. The van der Waals surface area contributed by atoms with Crippen molar-refractivity contribution in [3.63, 3.8) is 0 Å². The minimum Gasteiger partial charge on any atom is -0.249 e. The summed E-state index contributed by atoms with van der Waals surface area (Å²) >= 11 is 3.80. The molecule has 0 aliphatic heterocycles. The first kappa shape index (κ1) is 20.1. The monoisotopic (exact) mass is 418 g/mol. The van der Waals surface area contributed by atoms with E-state index in [9.17, 15) is 4.21 Å². The largest absolute Gasteiger partial charge is 0.249 e. The molecular weight excluding hydrogens is 392 g/mol. The van der Waals surface area contributed by atoms with Crippen molar-refractivity contribution in [1.82, 2.24) is 0 Å². The molecule has 2 unspecified atom stereocenters. The normalized spacial score (nSPS) is 14.3. The summed E-state index contributed by atoms with van der Waals surface area (Å²) in [5.41, 5.74) is 2.51. The van der Waals surface area contributed by atoms with Crippen LogP contribution in [0, 0.1) is 6.92 Å². The average Bonchev–Trinajstić information content (AvgIpc) is 2.64. The van der Waals surface area contributed by atoms with Crippen LogP contribution in [0.5, 0.6) is 0 Å². The number of alkyl halides is 1. The lowest BCUT2D eigenvalue weighted by molar-refractivity contribution is 0.684. The number of unbranched alkanes of at least 4 members (excludes halogenated alkanes) is 2. The van der Waals surface area contributed by atoms with E-state index in [0.717, 1.165) is 41.9 Å². The lowest BCUT2D eigenvalue weighted by Gasteiger charge is -2.15. The fourth-order valence-electron chi connectivity index (χ4n) is 2.65. The molecule has 1 nitrogen and oxygen atoms in total. The summed E-state index contributed by atoms with van der Waals surface area (Å²) in [5, 5.41) is 0. The Morgan fingerprint density at radius 3 is 2.44 bits per heavy atom. The SMILES string of the molecule is CCCC/C=C(/C(Br)CCc1ccccc1)S(=O)c1ccc(C)cc1. The van der Waals surface area contributed by atoms with E-state index in [0.29, 0.717) is 0 Å². The first-order chi connectivity index (χ1) is 12.1. The van der Waals surface area contributed by atoms with Gasteiger partial charge in [-0.15, -0.1) is 0 Å². The molecular formula is C22H27BrOS. The Morgan fingerprint density at radius 2 is 1.80 bits per heavy atom. The number of hydrogen-bond acceptors (Lipinski definition) is 1. The molecule has 3 heteroatoms. The third-order valence-corrected chi connectivity index (χ3v) is 7.02. The number of aryl methyl sites for hydroxylation is 2. The molecule has 0 bridgehead atoms. The van der Waals surface area contributed by atoms with Crippen LogP contribution in [-0.2, 0) is 17.2 Å². The van der Waals surface area contributed by atoms with Gasteiger partial charge in [0.15, 0.2) is 0 Å². The summed E-state index contributed by atoms with van der Waals surface area (Å²) in [6.45, 7) is 4.24. The Balaban J connectivity index is 2.12. The first-order valence-electron chi connectivity index (χ1n) is 8.98. The highest BCUT2D eigenvalue weighted by molar-refractivity contribution is 9.09. The third-order valence-electron chi connectivity index (χ3n) is 4.19. The number of hydrogen-bond donors (Lipinski definition) is 0. The molecule has 2 rings (SSSR count). The maximum Gasteiger partial charge on any atom is 0.0816 e. The van der Waals surface area contributed by atoms with Crippen molar-refractivity contribution in [2.75, 3.05) is 0 Å². The second-order valence-corrected chi connectivity index (χ2v) is 8.91. The van der Waals surface area contributed by atoms with E-state index >= 15 is 0 Å². The van der Waals surface area contributed by atoms with E-state index in [1.807, 2.05) is 30.3 Å². The molecule has 25 heavy (non-hydrogen) atoms. The van der Waals surface area contributed by atoms with Gasteiger partial charge in [-0.3, -0.25) is 0 Å². The van der Waals surface area contributed by atoms with E-state index in [1.165, 1.54) is 11.1 Å². The summed E-state index contributed by atoms with van der Waals surface area (Å²) in [4.78, 5) is 2.03. The van der Waals surface area contributed by atoms with Crippen molar-refractivity contribution in [3.8, 4) is 0 Å². The van der Waals surface area contributed by atoms with Crippen molar-refractivity contribution < 1.29 is 4.21 Å². The summed E-state index contributed by atoms with van der Waals surface area (Å²) < 4.78 is 13.1. The van der Waals surface area contributed by atoms with Gasteiger partial charge in [0.1, 0.15) is 0 Å².